The second kappa shape index (κ2) is 11.9. The van der Waals surface area contributed by atoms with E-state index in [0.717, 1.165) is 53.9 Å². The summed E-state index contributed by atoms with van der Waals surface area (Å²) in [7, 11) is 0. The van der Waals surface area contributed by atoms with Gasteiger partial charge in [0.2, 0.25) is 0 Å². The van der Waals surface area contributed by atoms with Crippen molar-refractivity contribution in [3.8, 4) is 0 Å². The molecule has 3 aromatic rings. The van der Waals surface area contributed by atoms with Crippen LogP contribution in [0.25, 0.3) is 0 Å². The van der Waals surface area contributed by atoms with Crippen LogP contribution in [-0.4, -0.2) is 39.8 Å². The van der Waals surface area contributed by atoms with Crippen molar-refractivity contribution in [3.63, 3.8) is 0 Å². The number of nitrogens with two attached hydrogens (primary N) is 1. The van der Waals surface area contributed by atoms with Gasteiger partial charge in [0.25, 0.3) is 5.95 Å². The Morgan fingerprint density at radius 2 is 1.65 bits per heavy atom. The van der Waals surface area contributed by atoms with Crippen LogP contribution in [-0.2, 0) is 32.1 Å². The summed E-state index contributed by atoms with van der Waals surface area (Å²) >= 11 is 0. The molecule has 0 saturated heterocycles. The van der Waals surface area contributed by atoms with Gasteiger partial charge in [0, 0.05) is 31.9 Å². The molecule has 1 unspecified atom stereocenters. The summed E-state index contributed by atoms with van der Waals surface area (Å²) in [6.07, 6.45) is -6.57. The maximum atomic E-state index is 14.2. The Bertz CT molecular complexity index is 1410. The summed E-state index contributed by atoms with van der Waals surface area (Å²) in [4.78, 5) is 5.11. The van der Waals surface area contributed by atoms with Crippen LogP contribution in [0.15, 0.2) is 24.3 Å². The molecule has 2 N–H and O–H groups in total. The van der Waals surface area contributed by atoms with E-state index in [-0.39, 0.29) is 37.2 Å². The van der Waals surface area contributed by atoms with Crippen molar-refractivity contribution in [3.05, 3.63) is 63.2 Å². The second-order valence-corrected chi connectivity index (χ2v) is 11.4. The van der Waals surface area contributed by atoms with Crippen LogP contribution in [0.4, 0.5) is 42.4 Å². The Balaban J connectivity index is 1.66. The Morgan fingerprint density at radius 3 is 2.23 bits per heavy atom. The fourth-order valence-corrected chi connectivity index (χ4v) is 5.97. The normalized spacial score (nSPS) is 17.6. The number of anilines is 2. The summed E-state index contributed by atoms with van der Waals surface area (Å²) in [5.41, 5.74) is 6.38. The van der Waals surface area contributed by atoms with Crippen LogP contribution in [0.5, 0.6) is 0 Å². The first-order valence-corrected chi connectivity index (χ1v) is 14.3. The predicted octanol–water partition coefficient (Wildman–Crippen LogP) is 6.51. The van der Waals surface area contributed by atoms with Gasteiger partial charge in [-0.2, -0.15) is 31.1 Å². The molecule has 1 fully saturated rings. The summed E-state index contributed by atoms with van der Waals surface area (Å²) in [6, 6.07) is 2.92. The summed E-state index contributed by atoms with van der Waals surface area (Å²) in [5.74, 6) is 0.578. The van der Waals surface area contributed by atoms with Crippen LogP contribution in [0, 0.1) is 19.8 Å². The molecule has 0 bridgehead atoms. The standard InChI is InChI=1S/C29H34F7N7/c1-17-10-23-25(4-3-8-41(15-19-5-6-19)26(23)18(2)24(17)14-30)42(27-38-40-43(39-27)9-7-37)16-20-11-21(28(31,32)33)13-22(12-20)29(34,35)36/h10-13,19,25H,3-9,14-16,37H2,1-2H3. The van der Waals surface area contributed by atoms with E-state index in [1.54, 1.807) is 11.8 Å². The lowest BCUT2D eigenvalue weighted by Crippen LogP contribution is -2.31. The van der Waals surface area contributed by atoms with Gasteiger partial charge < -0.3 is 15.5 Å². The van der Waals surface area contributed by atoms with Gasteiger partial charge in [-0.1, -0.05) is 11.2 Å². The minimum absolute atomic E-state index is 0.0517. The van der Waals surface area contributed by atoms with E-state index in [1.165, 1.54) is 4.80 Å². The number of hydrogen-bond acceptors (Lipinski definition) is 6. The fourth-order valence-electron chi connectivity index (χ4n) is 5.97. The number of fused-ring (bicyclic) bond motifs is 1. The number of rotatable bonds is 9. The van der Waals surface area contributed by atoms with Crippen molar-refractivity contribution in [2.75, 3.05) is 29.4 Å². The Morgan fingerprint density at radius 1 is 0.977 bits per heavy atom. The second-order valence-electron chi connectivity index (χ2n) is 11.4. The number of tetrazole rings is 1. The van der Waals surface area contributed by atoms with E-state index in [2.05, 4.69) is 20.3 Å². The zero-order valence-corrected chi connectivity index (χ0v) is 23.9. The minimum atomic E-state index is -4.99. The maximum absolute atomic E-state index is 14.2. The Kier molecular flexibility index (Phi) is 8.61. The van der Waals surface area contributed by atoms with E-state index in [9.17, 15) is 30.7 Å². The first-order valence-electron chi connectivity index (χ1n) is 14.3. The van der Waals surface area contributed by atoms with Crippen LogP contribution in [0.2, 0.25) is 0 Å². The van der Waals surface area contributed by atoms with Crippen LogP contribution < -0.4 is 15.5 Å². The molecular formula is C29H34F7N7. The van der Waals surface area contributed by atoms with Gasteiger partial charge in [-0.25, -0.2) is 4.39 Å². The fraction of sp³-hybridized carbons (Fsp3) is 0.552. The number of halogens is 7. The predicted molar refractivity (Wildman–Crippen MR) is 147 cm³/mol. The molecule has 7 nitrogen and oxygen atoms in total. The highest BCUT2D eigenvalue weighted by Crippen LogP contribution is 2.45. The third-order valence-corrected chi connectivity index (χ3v) is 8.22. The van der Waals surface area contributed by atoms with E-state index in [4.69, 9.17) is 5.73 Å². The van der Waals surface area contributed by atoms with Gasteiger partial charge in [0.1, 0.15) is 6.67 Å². The molecule has 1 aromatic heterocycles. The van der Waals surface area contributed by atoms with Crippen molar-refractivity contribution < 1.29 is 30.7 Å². The van der Waals surface area contributed by atoms with Crippen LogP contribution in [0.3, 0.4) is 0 Å². The van der Waals surface area contributed by atoms with Crippen LogP contribution >= 0.6 is 0 Å². The first kappa shape index (κ1) is 31.0. The van der Waals surface area contributed by atoms with E-state index in [0.29, 0.717) is 30.9 Å². The number of nitrogens with zero attached hydrogens (tertiary/aromatic N) is 6. The molecular weight excluding hydrogens is 579 g/mol. The molecule has 0 spiro atoms. The number of aryl methyl sites for hydroxylation is 1. The lowest BCUT2D eigenvalue weighted by molar-refractivity contribution is -0.143. The molecule has 1 saturated carbocycles. The topological polar surface area (TPSA) is 76.1 Å². The Hall–Kier alpha value is -3.42. The average molecular weight is 614 g/mol. The van der Waals surface area contributed by atoms with E-state index < -0.39 is 36.2 Å². The van der Waals surface area contributed by atoms with Gasteiger partial charge in [-0.05, 0) is 96.7 Å². The molecule has 2 aromatic carbocycles. The molecule has 2 heterocycles. The monoisotopic (exact) mass is 613 g/mol. The molecule has 0 amide bonds. The third-order valence-electron chi connectivity index (χ3n) is 8.22. The maximum Gasteiger partial charge on any atom is 0.416 e. The number of benzene rings is 2. The molecule has 5 rings (SSSR count). The Labute approximate surface area is 244 Å². The molecule has 1 atom stereocenters. The van der Waals surface area contributed by atoms with Crippen LogP contribution in [0.1, 0.15) is 70.7 Å². The highest BCUT2D eigenvalue weighted by Gasteiger charge is 2.38. The van der Waals surface area contributed by atoms with Crippen molar-refractivity contribution in [2.24, 2.45) is 11.7 Å². The van der Waals surface area contributed by atoms with E-state index >= 15 is 0 Å². The quantitative estimate of drug-likeness (QED) is 0.277. The van der Waals surface area contributed by atoms with Crippen molar-refractivity contribution in [1.29, 1.82) is 0 Å². The zero-order chi connectivity index (χ0) is 31.1. The number of hydrogen-bond donors (Lipinski definition) is 1. The minimum Gasteiger partial charge on any atom is -0.371 e. The molecule has 0 radical (unpaired) electrons. The van der Waals surface area contributed by atoms with Crippen molar-refractivity contribution in [1.82, 2.24) is 20.2 Å². The smallest absolute Gasteiger partial charge is 0.371 e. The average Bonchev–Trinajstić information content (AvgIpc) is 3.66. The zero-order valence-electron chi connectivity index (χ0n) is 23.9. The van der Waals surface area contributed by atoms with Gasteiger partial charge in [0.15, 0.2) is 0 Å². The summed E-state index contributed by atoms with van der Waals surface area (Å²) in [6.45, 7) is 4.56. The van der Waals surface area contributed by atoms with Gasteiger partial charge >= 0.3 is 12.4 Å². The molecule has 43 heavy (non-hydrogen) atoms. The van der Waals surface area contributed by atoms with Gasteiger partial charge in [0.05, 0.1) is 23.7 Å². The molecule has 1 aliphatic carbocycles. The lowest BCUT2D eigenvalue weighted by atomic mass is 9.91. The largest absolute Gasteiger partial charge is 0.416 e. The SMILES string of the molecule is Cc1cc2c(c(C)c1CF)N(CC1CC1)CCCC2N(Cc1cc(C(F)(F)F)cc(C(F)(F)F)c1)c1nnn(CCN)n1. The van der Waals surface area contributed by atoms with E-state index in [1.807, 2.05) is 13.0 Å². The van der Waals surface area contributed by atoms with Crippen molar-refractivity contribution in [2.45, 2.75) is 77.7 Å². The summed E-state index contributed by atoms with van der Waals surface area (Å²) in [5, 5.41) is 12.6. The van der Waals surface area contributed by atoms with Crippen molar-refractivity contribution >= 4 is 11.6 Å². The molecule has 14 heteroatoms. The number of alkyl halides is 7. The highest BCUT2D eigenvalue weighted by atomic mass is 19.4. The molecule has 234 valence electrons. The molecule has 1 aliphatic heterocycles. The number of aromatic nitrogens is 4. The molecule has 2 aliphatic rings. The van der Waals surface area contributed by atoms with Gasteiger partial charge in [-0.15, -0.1) is 5.10 Å². The third kappa shape index (κ3) is 6.73. The first-order chi connectivity index (χ1) is 20.3. The highest BCUT2D eigenvalue weighted by molar-refractivity contribution is 5.67. The summed E-state index contributed by atoms with van der Waals surface area (Å²) < 4.78 is 96.6. The van der Waals surface area contributed by atoms with Gasteiger partial charge in [-0.3, -0.25) is 0 Å². The lowest BCUT2D eigenvalue weighted by Gasteiger charge is -2.34.